The summed E-state index contributed by atoms with van der Waals surface area (Å²) in [5, 5.41) is 12.8. The van der Waals surface area contributed by atoms with E-state index >= 15 is 0 Å². The van der Waals surface area contributed by atoms with Crippen LogP contribution in [-0.4, -0.2) is 48.2 Å². The van der Waals surface area contributed by atoms with Crippen molar-refractivity contribution in [1.29, 1.82) is 0 Å². The molecule has 1 spiro atoms. The number of carboxylic acids is 1. The van der Waals surface area contributed by atoms with Crippen LogP contribution in [0.25, 0.3) is 0 Å². The minimum absolute atomic E-state index is 0.0185. The highest BCUT2D eigenvalue weighted by Gasteiger charge is 2.52. The number of anilines is 1. The summed E-state index contributed by atoms with van der Waals surface area (Å²) in [5.41, 5.74) is 0.457. The topological polar surface area (TPSA) is 131 Å². The quantitative estimate of drug-likeness (QED) is 0.389. The molecule has 0 saturated heterocycles. The molecular formula is C23H29ClN4O5S. The van der Waals surface area contributed by atoms with Crippen molar-refractivity contribution in [3.63, 3.8) is 0 Å². The number of nitrogens with zero attached hydrogens (tertiary/aromatic N) is 2. The van der Waals surface area contributed by atoms with Crippen LogP contribution in [0.1, 0.15) is 56.3 Å². The molecule has 1 heterocycles. The summed E-state index contributed by atoms with van der Waals surface area (Å²) in [4.78, 5) is 19.0. The summed E-state index contributed by atoms with van der Waals surface area (Å²) in [6.45, 7) is 4.68. The number of rotatable bonds is 11. The number of carboxylic acid groups (broad SMARTS) is 1. The Morgan fingerprint density at radius 3 is 2.65 bits per heavy atom. The van der Waals surface area contributed by atoms with Crippen molar-refractivity contribution in [2.45, 2.75) is 62.9 Å². The zero-order valence-electron chi connectivity index (χ0n) is 19.1. The summed E-state index contributed by atoms with van der Waals surface area (Å²) in [5.74, 6) is -0.856. The molecule has 0 amide bonds. The highest BCUT2D eigenvalue weighted by molar-refractivity contribution is 7.92. The first-order valence-corrected chi connectivity index (χ1v) is 13.2. The number of aromatic nitrogens is 2. The Morgan fingerprint density at radius 1 is 1.26 bits per heavy atom. The van der Waals surface area contributed by atoms with Gasteiger partial charge in [-0.3, -0.25) is 0 Å². The lowest BCUT2D eigenvalue weighted by molar-refractivity contribution is 0.0696. The predicted octanol–water partition coefficient (Wildman–Crippen LogP) is 3.95. The van der Waals surface area contributed by atoms with Gasteiger partial charge in [0.2, 0.25) is 11.8 Å². The van der Waals surface area contributed by atoms with Crippen LogP contribution in [0.4, 0.5) is 5.95 Å². The molecule has 11 heteroatoms. The molecule has 1 aromatic carbocycles. The fourth-order valence-electron chi connectivity index (χ4n) is 4.45. The average molecular weight is 509 g/mol. The van der Waals surface area contributed by atoms with Crippen LogP contribution in [0, 0.1) is 11.3 Å². The van der Waals surface area contributed by atoms with Crippen LogP contribution in [-0.2, 0) is 10.0 Å². The van der Waals surface area contributed by atoms with Gasteiger partial charge in [0.25, 0.3) is 10.0 Å². The lowest BCUT2D eigenvalue weighted by Gasteiger charge is -2.39. The predicted molar refractivity (Wildman–Crippen MR) is 128 cm³/mol. The molecule has 2 saturated carbocycles. The molecule has 184 valence electrons. The maximum atomic E-state index is 12.7. The lowest BCUT2D eigenvalue weighted by atomic mass is 9.76. The van der Waals surface area contributed by atoms with Crippen LogP contribution >= 0.6 is 11.6 Å². The van der Waals surface area contributed by atoms with Crippen LogP contribution in [0.3, 0.4) is 0 Å². The molecule has 1 atom stereocenters. The van der Waals surface area contributed by atoms with Gasteiger partial charge >= 0.3 is 5.97 Å². The molecule has 0 aliphatic heterocycles. The Labute approximate surface area is 204 Å². The lowest BCUT2D eigenvalue weighted by Crippen LogP contribution is -2.49. The second-order valence-corrected chi connectivity index (χ2v) is 11.8. The SMILES string of the molecule is CC(C)CC(COc1cc(Cl)nc(NS(=O)(=O)c2cccc(C(=O)O)c2)n1)NC1CC2(CC2)C1. The van der Waals surface area contributed by atoms with Crippen LogP contribution < -0.4 is 14.8 Å². The van der Waals surface area contributed by atoms with Crippen LogP contribution in [0.15, 0.2) is 35.2 Å². The minimum atomic E-state index is -4.13. The molecule has 0 bridgehead atoms. The molecule has 4 rings (SSSR count). The number of sulfonamides is 1. The van der Waals surface area contributed by atoms with Gasteiger partial charge in [0, 0.05) is 18.2 Å². The van der Waals surface area contributed by atoms with E-state index in [1.54, 1.807) is 0 Å². The molecule has 1 unspecified atom stereocenters. The number of aromatic carboxylic acids is 1. The fourth-order valence-corrected chi connectivity index (χ4v) is 5.62. The van der Waals surface area contributed by atoms with Gasteiger partial charge in [-0.15, -0.1) is 0 Å². The van der Waals surface area contributed by atoms with Gasteiger partial charge in [0.15, 0.2) is 0 Å². The zero-order valence-corrected chi connectivity index (χ0v) is 20.7. The van der Waals surface area contributed by atoms with Gasteiger partial charge in [0.1, 0.15) is 11.8 Å². The third-order valence-electron chi connectivity index (χ3n) is 6.26. The number of halogens is 1. The van der Waals surface area contributed by atoms with Crippen molar-refractivity contribution in [3.05, 3.63) is 41.0 Å². The second-order valence-electron chi connectivity index (χ2n) is 9.70. The maximum Gasteiger partial charge on any atom is 0.335 e. The number of carbonyl (C=O) groups is 1. The van der Waals surface area contributed by atoms with E-state index in [1.165, 1.54) is 49.9 Å². The largest absolute Gasteiger partial charge is 0.478 e. The monoisotopic (exact) mass is 508 g/mol. The first-order valence-electron chi connectivity index (χ1n) is 11.3. The normalized spacial score (nSPS) is 17.9. The molecule has 34 heavy (non-hydrogen) atoms. The van der Waals surface area contributed by atoms with Gasteiger partial charge < -0.3 is 15.2 Å². The smallest absolute Gasteiger partial charge is 0.335 e. The minimum Gasteiger partial charge on any atom is -0.478 e. The molecule has 0 radical (unpaired) electrons. The van der Waals surface area contributed by atoms with Crippen molar-refractivity contribution < 1.29 is 23.1 Å². The maximum absolute atomic E-state index is 12.7. The summed E-state index contributed by atoms with van der Waals surface area (Å²) < 4.78 is 33.6. The Balaban J connectivity index is 1.42. The number of benzene rings is 1. The number of hydrogen-bond acceptors (Lipinski definition) is 7. The second kappa shape index (κ2) is 9.67. The standard InChI is InChI=1S/C23H29ClN4O5S/c1-14(2)8-16(25-17-11-23(12-17)6-7-23)13-33-20-10-19(24)26-22(27-20)28-34(31,32)18-5-3-4-15(9-18)21(29)30/h3-5,9-10,14,16-17,25H,6-8,11-13H2,1-2H3,(H,29,30)(H,26,27,28). The Morgan fingerprint density at radius 2 is 2.00 bits per heavy atom. The number of hydrogen-bond donors (Lipinski definition) is 3. The average Bonchev–Trinajstić information content (AvgIpc) is 3.52. The van der Waals surface area contributed by atoms with E-state index in [0.717, 1.165) is 12.5 Å². The van der Waals surface area contributed by atoms with Crippen LogP contribution in [0.2, 0.25) is 5.15 Å². The van der Waals surface area contributed by atoms with E-state index in [-0.39, 0.29) is 33.5 Å². The van der Waals surface area contributed by atoms with Gasteiger partial charge in [-0.1, -0.05) is 31.5 Å². The first kappa shape index (κ1) is 24.7. The van der Waals surface area contributed by atoms with Crippen molar-refractivity contribution in [3.8, 4) is 5.88 Å². The highest BCUT2D eigenvalue weighted by Crippen LogP contribution is 2.60. The van der Waals surface area contributed by atoms with Gasteiger partial charge in [0.05, 0.1) is 10.5 Å². The molecular weight excluding hydrogens is 480 g/mol. The first-order chi connectivity index (χ1) is 16.0. The summed E-state index contributed by atoms with van der Waals surface area (Å²) in [6, 6.07) is 7.06. The van der Waals surface area contributed by atoms with Gasteiger partial charge in [-0.05, 0) is 61.6 Å². The molecule has 2 aliphatic rings. The van der Waals surface area contributed by atoms with Crippen molar-refractivity contribution in [1.82, 2.24) is 15.3 Å². The Kier molecular flexibility index (Phi) is 7.02. The van der Waals surface area contributed by atoms with Crippen molar-refractivity contribution >= 4 is 33.5 Å². The van der Waals surface area contributed by atoms with Gasteiger partial charge in [-0.2, -0.15) is 4.98 Å². The molecule has 9 nitrogen and oxygen atoms in total. The number of nitrogens with one attached hydrogen (secondary N) is 2. The molecule has 1 aromatic heterocycles. The van der Waals surface area contributed by atoms with E-state index in [9.17, 15) is 13.2 Å². The Hall–Kier alpha value is -2.43. The van der Waals surface area contributed by atoms with E-state index in [0.29, 0.717) is 24.0 Å². The van der Waals surface area contributed by atoms with Crippen molar-refractivity contribution in [2.75, 3.05) is 11.3 Å². The zero-order chi connectivity index (χ0) is 24.5. The van der Waals surface area contributed by atoms with Crippen molar-refractivity contribution in [2.24, 2.45) is 11.3 Å². The molecule has 3 N–H and O–H groups in total. The van der Waals surface area contributed by atoms with E-state index < -0.39 is 16.0 Å². The summed E-state index contributed by atoms with van der Waals surface area (Å²) in [6.07, 6.45) is 6.05. The molecule has 2 aliphatic carbocycles. The van der Waals surface area contributed by atoms with E-state index in [2.05, 4.69) is 33.9 Å². The number of ether oxygens (including phenoxy) is 1. The molecule has 2 aromatic rings. The van der Waals surface area contributed by atoms with E-state index in [1.807, 2.05) is 0 Å². The fraction of sp³-hybridized carbons (Fsp3) is 0.522. The highest BCUT2D eigenvalue weighted by atomic mass is 35.5. The van der Waals surface area contributed by atoms with Gasteiger partial charge in [-0.25, -0.2) is 22.9 Å². The molecule has 2 fully saturated rings. The third kappa shape index (κ3) is 6.17. The summed E-state index contributed by atoms with van der Waals surface area (Å²) >= 11 is 6.09. The van der Waals surface area contributed by atoms with Crippen LogP contribution in [0.5, 0.6) is 5.88 Å². The van der Waals surface area contributed by atoms with E-state index in [4.69, 9.17) is 21.4 Å². The summed E-state index contributed by atoms with van der Waals surface area (Å²) in [7, 11) is -4.13. The Bertz CT molecular complexity index is 1160. The third-order valence-corrected chi connectivity index (χ3v) is 7.78.